The lowest BCUT2D eigenvalue weighted by Gasteiger charge is -2.40. The average Bonchev–Trinajstić information content (AvgIpc) is 3.52. The Hall–Kier alpha value is -3.30. The zero-order chi connectivity index (χ0) is 32.6. The van der Waals surface area contributed by atoms with Crippen LogP contribution in [0.1, 0.15) is 68.0 Å². The molecule has 0 amide bonds. The first kappa shape index (κ1) is 32.6. The van der Waals surface area contributed by atoms with Crippen molar-refractivity contribution in [3.05, 3.63) is 109 Å². The highest BCUT2D eigenvalue weighted by molar-refractivity contribution is 14.1. The van der Waals surface area contributed by atoms with Gasteiger partial charge in [-0.25, -0.2) is 9.07 Å². The van der Waals surface area contributed by atoms with E-state index in [1.165, 1.54) is 18.3 Å². The number of nitriles is 1. The van der Waals surface area contributed by atoms with Crippen molar-refractivity contribution in [1.29, 1.82) is 5.26 Å². The van der Waals surface area contributed by atoms with E-state index in [4.69, 9.17) is 28.3 Å². The van der Waals surface area contributed by atoms with Crippen molar-refractivity contribution in [2.45, 2.75) is 57.5 Å². The van der Waals surface area contributed by atoms with Crippen molar-refractivity contribution in [1.82, 2.24) is 24.9 Å². The Labute approximate surface area is 291 Å². The Morgan fingerprint density at radius 2 is 1.87 bits per heavy atom. The summed E-state index contributed by atoms with van der Waals surface area (Å²) in [6.45, 7) is 8.85. The summed E-state index contributed by atoms with van der Waals surface area (Å²) in [5, 5.41) is 23.7. The molecule has 2 aromatic heterocycles. The largest absolute Gasteiger partial charge is 0.354 e. The summed E-state index contributed by atoms with van der Waals surface area (Å²) in [6, 6.07) is 19.2. The summed E-state index contributed by atoms with van der Waals surface area (Å²) in [7, 11) is 0. The van der Waals surface area contributed by atoms with Gasteiger partial charge in [-0.3, -0.25) is 9.88 Å². The molecule has 6 rings (SSSR count). The van der Waals surface area contributed by atoms with Crippen LogP contribution in [0.2, 0.25) is 10.0 Å². The second-order valence-corrected chi connectivity index (χ2v) is 14.8. The van der Waals surface area contributed by atoms with E-state index in [9.17, 15) is 9.65 Å². The van der Waals surface area contributed by atoms with Crippen LogP contribution in [0.5, 0.6) is 0 Å². The van der Waals surface area contributed by atoms with E-state index in [-0.39, 0.29) is 16.5 Å². The number of rotatable bonds is 7. The molecule has 0 radical (unpaired) electrons. The Kier molecular flexibility index (Phi) is 9.53. The first-order valence-corrected chi connectivity index (χ1v) is 17.0. The normalized spacial score (nSPS) is 15.2. The average molecular weight is 769 g/mol. The summed E-state index contributed by atoms with van der Waals surface area (Å²) >= 11 is 15.2. The molecule has 3 aromatic carbocycles. The van der Waals surface area contributed by atoms with Gasteiger partial charge in [-0.05, 0) is 116 Å². The van der Waals surface area contributed by atoms with Crippen molar-refractivity contribution < 1.29 is 4.39 Å². The minimum Gasteiger partial charge on any atom is -0.354 e. The molecular weight excluding hydrogens is 735 g/mol. The minimum absolute atomic E-state index is 0.0197. The summed E-state index contributed by atoms with van der Waals surface area (Å²) in [5.74, 6) is -0.613. The molecule has 3 heterocycles. The van der Waals surface area contributed by atoms with E-state index in [0.29, 0.717) is 45.3 Å². The molecule has 7 nitrogen and oxygen atoms in total. The van der Waals surface area contributed by atoms with Crippen LogP contribution >= 0.6 is 45.8 Å². The quantitative estimate of drug-likeness (QED) is 0.166. The first-order chi connectivity index (χ1) is 22.0. The maximum Gasteiger partial charge on any atom is 0.141 e. The smallest absolute Gasteiger partial charge is 0.141 e. The summed E-state index contributed by atoms with van der Waals surface area (Å²) < 4.78 is 17.1. The Bertz CT molecular complexity index is 1940. The van der Waals surface area contributed by atoms with Crippen molar-refractivity contribution in [2.75, 3.05) is 18.4 Å². The lowest BCUT2D eigenvalue weighted by atomic mass is 9.89. The molecule has 1 N–H and O–H groups in total. The van der Waals surface area contributed by atoms with Gasteiger partial charge in [-0.2, -0.15) is 5.26 Å². The molecule has 11 heteroatoms. The van der Waals surface area contributed by atoms with Gasteiger partial charge in [-0.1, -0.05) is 40.5 Å². The third-order valence-corrected chi connectivity index (χ3v) is 9.91. The molecule has 1 aliphatic heterocycles. The van der Waals surface area contributed by atoms with Crippen LogP contribution < -0.4 is 5.32 Å². The fourth-order valence-corrected chi connectivity index (χ4v) is 7.19. The van der Waals surface area contributed by atoms with Crippen LogP contribution in [0, 0.1) is 20.7 Å². The number of benzene rings is 3. The van der Waals surface area contributed by atoms with Crippen molar-refractivity contribution in [3.63, 3.8) is 0 Å². The number of piperidine rings is 1. The van der Waals surface area contributed by atoms with Gasteiger partial charge in [0, 0.05) is 51.6 Å². The molecule has 236 valence electrons. The number of pyridine rings is 1. The highest BCUT2D eigenvalue weighted by Gasteiger charge is 2.29. The fourth-order valence-electron chi connectivity index (χ4n) is 6.15. The van der Waals surface area contributed by atoms with Gasteiger partial charge >= 0.3 is 0 Å². The van der Waals surface area contributed by atoms with Crippen LogP contribution in [0.15, 0.2) is 67.0 Å². The van der Waals surface area contributed by atoms with Gasteiger partial charge in [0.1, 0.15) is 11.9 Å². The topological polar surface area (TPSA) is 82.7 Å². The number of anilines is 2. The molecule has 1 saturated heterocycles. The number of nitrogens with one attached hydrogen (secondary N) is 1. The number of nitrogens with zero attached hydrogens (tertiary/aromatic N) is 6. The SMILES string of the molecule is CC(C)(C)N1CCC(n2cc([C@@H](Cc3cc(Cl)c4ncc(C#N)c(Nc5ccc(F)c(Cl)c5)c4c3)c3cccc(I)c3)nn2)CC1. The number of likely N-dealkylation sites (tertiary alicyclic amines) is 1. The highest BCUT2D eigenvalue weighted by atomic mass is 127. The number of halogens is 4. The van der Waals surface area contributed by atoms with E-state index in [1.807, 2.05) is 16.8 Å². The molecule has 46 heavy (non-hydrogen) atoms. The van der Waals surface area contributed by atoms with Crippen LogP contribution in [-0.2, 0) is 6.42 Å². The van der Waals surface area contributed by atoms with Gasteiger partial charge < -0.3 is 5.32 Å². The molecule has 0 spiro atoms. The lowest BCUT2D eigenvalue weighted by molar-refractivity contribution is 0.0866. The number of aromatic nitrogens is 4. The predicted molar refractivity (Wildman–Crippen MR) is 190 cm³/mol. The first-order valence-electron chi connectivity index (χ1n) is 15.2. The van der Waals surface area contributed by atoms with E-state index >= 15 is 0 Å². The number of hydrogen-bond donors (Lipinski definition) is 1. The van der Waals surface area contributed by atoms with Crippen molar-refractivity contribution >= 4 is 68.1 Å². The van der Waals surface area contributed by atoms with E-state index in [1.54, 1.807) is 6.07 Å². The zero-order valence-corrected chi connectivity index (χ0v) is 29.4. The molecule has 5 aromatic rings. The summed E-state index contributed by atoms with van der Waals surface area (Å²) in [6.07, 6.45) is 6.23. The van der Waals surface area contributed by atoms with Crippen LogP contribution in [-0.4, -0.2) is 43.5 Å². The maximum atomic E-state index is 13.9. The van der Waals surface area contributed by atoms with Gasteiger partial charge in [0.2, 0.25) is 0 Å². The van der Waals surface area contributed by atoms with E-state index in [0.717, 1.165) is 46.3 Å². The number of hydrogen-bond acceptors (Lipinski definition) is 6. The van der Waals surface area contributed by atoms with Crippen LogP contribution in [0.3, 0.4) is 0 Å². The third kappa shape index (κ3) is 7.00. The Balaban J connectivity index is 1.36. The Morgan fingerprint density at radius 3 is 2.57 bits per heavy atom. The van der Waals surface area contributed by atoms with Gasteiger partial charge in [0.05, 0.1) is 38.5 Å². The van der Waals surface area contributed by atoms with Gasteiger partial charge in [-0.15, -0.1) is 5.10 Å². The second-order valence-electron chi connectivity index (χ2n) is 12.7. The van der Waals surface area contributed by atoms with E-state index in [2.05, 4.69) is 100 Å². The second kappa shape index (κ2) is 13.4. The van der Waals surface area contributed by atoms with Crippen LogP contribution in [0.25, 0.3) is 10.9 Å². The van der Waals surface area contributed by atoms with Gasteiger partial charge in [0.15, 0.2) is 0 Å². The van der Waals surface area contributed by atoms with E-state index < -0.39 is 5.82 Å². The molecule has 0 saturated carbocycles. The standard InChI is InChI=1S/C35H33Cl2FIN7/c1-35(2,3)45-11-9-26(10-12-45)46-20-32(43-44-46)27(22-5-4-6-24(39)16-22)13-21-14-28-33(42-25-7-8-31(38)29(36)17-25)23(18-40)19-41-34(28)30(37)15-21/h4-8,14-17,19-20,26-27H,9-13H2,1-3H3,(H,41,42)/t27-/m0/s1. The predicted octanol–water partition coefficient (Wildman–Crippen LogP) is 9.30. The Morgan fingerprint density at radius 1 is 1.09 bits per heavy atom. The zero-order valence-electron chi connectivity index (χ0n) is 25.7. The summed E-state index contributed by atoms with van der Waals surface area (Å²) in [5.41, 5.74) is 5.07. The molecule has 0 bridgehead atoms. The lowest BCUT2D eigenvalue weighted by Crippen LogP contribution is -2.46. The monoisotopic (exact) mass is 767 g/mol. The molecule has 1 atom stereocenters. The number of fused-ring (bicyclic) bond motifs is 1. The van der Waals surface area contributed by atoms with Crippen molar-refractivity contribution in [2.24, 2.45) is 0 Å². The molecule has 0 aliphatic carbocycles. The fraction of sp³-hybridized carbons (Fsp3) is 0.314. The maximum absolute atomic E-state index is 13.9. The molecular formula is C35H33Cl2FIN7. The highest BCUT2D eigenvalue weighted by Crippen LogP contribution is 2.37. The molecule has 1 aliphatic rings. The van der Waals surface area contributed by atoms with Gasteiger partial charge in [0.25, 0.3) is 0 Å². The minimum atomic E-state index is -0.522. The van der Waals surface area contributed by atoms with Crippen molar-refractivity contribution in [3.8, 4) is 6.07 Å². The molecule has 0 unspecified atom stereocenters. The third-order valence-electron chi connectivity index (χ3n) is 8.66. The summed E-state index contributed by atoms with van der Waals surface area (Å²) in [4.78, 5) is 7.03. The van der Waals surface area contributed by atoms with Crippen LogP contribution in [0.4, 0.5) is 15.8 Å². The molecule has 1 fully saturated rings.